The third-order valence-electron chi connectivity index (χ3n) is 8.59. The van der Waals surface area contributed by atoms with E-state index in [2.05, 4.69) is 157 Å². The van der Waals surface area contributed by atoms with Crippen LogP contribution in [0, 0.1) is 0 Å². The molecule has 0 radical (unpaired) electrons. The smallest absolute Gasteiger partial charge is 0.159 e. The normalized spacial score (nSPS) is 11.8. The van der Waals surface area contributed by atoms with Gasteiger partial charge in [-0.3, -0.25) is 0 Å². The molecule has 0 N–H and O–H groups in total. The average molecular weight is 536 g/mol. The van der Waals surface area contributed by atoms with Crippen LogP contribution in [0.25, 0.3) is 65.0 Å². The number of hydrogen-bond acceptors (Lipinski definition) is 2. The van der Waals surface area contributed by atoms with Crippen molar-refractivity contribution in [2.45, 2.75) is 0 Å². The van der Waals surface area contributed by atoms with Crippen molar-refractivity contribution in [1.29, 1.82) is 0 Å². The molecule has 9 aromatic rings. The predicted octanol–water partition coefficient (Wildman–Crippen LogP) is 11.7. The third-order valence-corrected chi connectivity index (χ3v) is 8.59. The zero-order valence-electron chi connectivity index (χ0n) is 22.8. The van der Waals surface area contributed by atoms with Gasteiger partial charge in [0.25, 0.3) is 0 Å². The summed E-state index contributed by atoms with van der Waals surface area (Å²) in [4.78, 5) is 2.32. The number of hydrogen-bond donors (Lipinski definition) is 0. The Morgan fingerprint density at radius 3 is 1.81 bits per heavy atom. The van der Waals surface area contributed by atoms with Crippen LogP contribution >= 0.6 is 0 Å². The highest BCUT2D eigenvalue weighted by Gasteiger charge is 2.20. The molecular formula is C40H25NO. The molecule has 42 heavy (non-hydrogen) atoms. The number of rotatable bonds is 3. The fourth-order valence-electron chi connectivity index (χ4n) is 6.70. The Hall–Kier alpha value is -5.60. The standard InChI is InChI=1S/C40H25NO/c1-2-11-30(12-3-1)41(36-16-8-15-35-39-33-14-7-5-10-27(33)21-24-37(39)42-40(35)36)31-22-23-34-29(25-31)20-19-28-18-17-26-9-4-6-13-32(26)38(28)34/h1-25H. The lowest BCUT2D eigenvalue weighted by Gasteiger charge is -2.26. The van der Waals surface area contributed by atoms with Crippen LogP contribution in [-0.2, 0) is 0 Å². The lowest BCUT2D eigenvalue weighted by atomic mass is 9.96. The molecule has 0 bridgehead atoms. The van der Waals surface area contributed by atoms with Crippen LogP contribution in [0.4, 0.5) is 17.1 Å². The van der Waals surface area contributed by atoms with Crippen molar-refractivity contribution in [2.75, 3.05) is 4.90 Å². The zero-order chi connectivity index (χ0) is 27.6. The number of nitrogens with zero attached hydrogens (tertiary/aromatic N) is 1. The first kappa shape index (κ1) is 23.1. The van der Waals surface area contributed by atoms with Gasteiger partial charge in [-0.1, -0.05) is 115 Å². The van der Waals surface area contributed by atoms with E-state index in [1.807, 2.05) is 0 Å². The fourth-order valence-corrected chi connectivity index (χ4v) is 6.70. The maximum Gasteiger partial charge on any atom is 0.159 e. The molecule has 0 aliphatic heterocycles. The number of anilines is 3. The molecule has 1 heterocycles. The first-order chi connectivity index (χ1) is 20.8. The molecule has 0 amide bonds. The van der Waals surface area contributed by atoms with Crippen molar-refractivity contribution in [2.24, 2.45) is 0 Å². The molecule has 2 nitrogen and oxygen atoms in total. The van der Waals surface area contributed by atoms with E-state index >= 15 is 0 Å². The van der Waals surface area contributed by atoms with Gasteiger partial charge in [0.15, 0.2) is 5.58 Å². The van der Waals surface area contributed by atoms with Crippen LogP contribution in [0.3, 0.4) is 0 Å². The van der Waals surface area contributed by atoms with Gasteiger partial charge in [0.1, 0.15) is 5.58 Å². The molecule has 196 valence electrons. The SMILES string of the molecule is c1ccc(N(c2ccc3c(ccc4ccc5ccccc5c43)c2)c2cccc3c2oc2ccc4ccccc4c23)cc1. The molecule has 8 aromatic carbocycles. The van der Waals surface area contributed by atoms with E-state index in [9.17, 15) is 0 Å². The highest BCUT2D eigenvalue weighted by atomic mass is 16.3. The topological polar surface area (TPSA) is 16.4 Å². The minimum Gasteiger partial charge on any atom is -0.454 e. The molecule has 2 heteroatoms. The molecule has 1 aromatic heterocycles. The quantitative estimate of drug-likeness (QED) is 0.209. The van der Waals surface area contributed by atoms with Crippen molar-refractivity contribution in [1.82, 2.24) is 0 Å². The Balaban J connectivity index is 1.32. The second kappa shape index (κ2) is 8.95. The minimum atomic E-state index is 0.886. The molecule has 9 rings (SSSR count). The molecule has 0 aliphatic carbocycles. The van der Waals surface area contributed by atoms with E-state index in [0.29, 0.717) is 0 Å². The van der Waals surface area contributed by atoms with Gasteiger partial charge in [-0.05, 0) is 79.5 Å². The van der Waals surface area contributed by atoms with Crippen molar-refractivity contribution < 1.29 is 4.42 Å². The molecule has 0 saturated heterocycles. The predicted molar refractivity (Wildman–Crippen MR) is 178 cm³/mol. The summed E-state index contributed by atoms with van der Waals surface area (Å²) in [5.74, 6) is 0. The first-order valence-electron chi connectivity index (χ1n) is 14.4. The van der Waals surface area contributed by atoms with Gasteiger partial charge in [0, 0.05) is 22.1 Å². The Bertz CT molecular complexity index is 2470. The van der Waals surface area contributed by atoms with Crippen LogP contribution in [0.2, 0.25) is 0 Å². The average Bonchev–Trinajstić information content (AvgIpc) is 3.45. The number of para-hydroxylation sites is 2. The summed E-state index contributed by atoms with van der Waals surface area (Å²) in [5.41, 5.74) is 4.98. The van der Waals surface area contributed by atoms with Crippen molar-refractivity contribution in [3.63, 3.8) is 0 Å². The highest BCUT2D eigenvalue weighted by Crippen LogP contribution is 2.44. The van der Waals surface area contributed by atoms with Crippen LogP contribution in [0.5, 0.6) is 0 Å². The van der Waals surface area contributed by atoms with Crippen LogP contribution in [-0.4, -0.2) is 0 Å². The van der Waals surface area contributed by atoms with Gasteiger partial charge in [0.2, 0.25) is 0 Å². The molecule has 0 atom stereocenters. The van der Waals surface area contributed by atoms with Crippen molar-refractivity contribution >= 4 is 82.1 Å². The maximum atomic E-state index is 6.67. The summed E-state index contributed by atoms with van der Waals surface area (Å²) in [7, 11) is 0. The van der Waals surface area contributed by atoms with Crippen LogP contribution < -0.4 is 4.90 Å². The Morgan fingerprint density at radius 2 is 1.00 bits per heavy atom. The molecule has 0 spiro atoms. The monoisotopic (exact) mass is 535 g/mol. The minimum absolute atomic E-state index is 0.886. The van der Waals surface area contributed by atoms with E-state index in [-0.39, 0.29) is 0 Å². The Labute approximate surface area is 242 Å². The lowest BCUT2D eigenvalue weighted by Crippen LogP contribution is -2.10. The number of fused-ring (bicyclic) bond motifs is 10. The lowest BCUT2D eigenvalue weighted by molar-refractivity contribution is 0.669. The van der Waals surface area contributed by atoms with E-state index < -0.39 is 0 Å². The van der Waals surface area contributed by atoms with Crippen molar-refractivity contribution in [3.05, 3.63) is 152 Å². The molecule has 0 unspecified atom stereocenters. The first-order valence-corrected chi connectivity index (χ1v) is 14.4. The van der Waals surface area contributed by atoms with Gasteiger partial charge in [0.05, 0.1) is 5.69 Å². The van der Waals surface area contributed by atoms with Gasteiger partial charge >= 0.3 is 0 Å². The van der Waals surface area contributed by atoms with E-state index in [1.165, 1.54) is 43.1 Å². The Kier molecular flexibility index (Phi) is 4.93. The maximum absolute atomic E-state index is 6.67. The summed E-state index contributed by atoms with van der Waals surface area (Å²) in [6.07, 6.45) is 0. The summed E-state index contributed by atoms with van der Waals surface area (Å²) >= 11 is 0. The molecule has 0 aliphatic rings. The van der Waals surface area contributed by atoms with E-state index in [1.54, 1.807) is 0 Å². The van der Waals surface area contributed by atoms with E-state index in [4.69, 9.17) is 4.42 Å². The van der Waals surface area contributed by atoms with E-state index in [0.717, 1.165) is 39.0 Å². The molecular weight excluding hydrogens is 510 g/mol. The van der Waals surface area contributed by atoms with Crippen molar-refractivity contribution in [3.8, 4) is 0 Å². The summed E-state index contributed by atoms with van der Waals surface area (Å²) in [5, 5.41) is 12.3. The fraction of sp³-hybridized carbons (Fsp3) is 0. The molecule has 0 saturated carbocycles. The Morgan fingerprint density at radius 1 is 0.381 bits per heavy atom. The second-order valence-electron chi connectivity index (χ2n) is 10.9. The summed E-state index contributed by atoms with van der Waals surface area (Å²) in [6.45, 7) is 0. The number of furan rings is 1. The zero-order valence-corrected chi connectivity index (χ0v) is 22.8. The largest absolute Gasteiger partial charge is 0.454 e. The summed E-state index contributed by atoms with van der Waals surface area (Å²) in [6, 6.07) is 54.3. The van der Waals surface area contributed by atoms with Gasteiger partial charge in [-0.25, -0.2) is 0 Å². The number of benzene rings is 8. The third kappa shape index (κ3) is 3.39. The van der Waals surface area contributed by atoms with Gasteiger partial charge < -0.3 is 9.32 Å². The highest BCUT2D eigenvalue weighted by molar-refractivity contribution is 6.22. The summed E-state index contributed by atoms with van der Waals surface area (Å²) < 4.78 is 6.67. The molecule has 0 fully saturated rings. The second-order valence-corrected chi connectivity index (χ2v) is 10.9. The van der Waals surface area contributed by atoms with Crippen LogP contribution in [0.1, 0.15) is 0 Å². The van der Waals surface area contributed by atoms with Gasteiger partial charge in [-0.2, -0.15) is 0 Å². The van der Waals surface area contributed by atoms with Crippen LogP contribution in [0.15, 0.2) is 156 Å². The van der Waals surface area contributed by atoms with Gasteiger partial charge in [-0.15, -0.1) is 0 Å².